The van der Waals surface area contributed by atoms with E-state index in [1.165, 1.54) is 0 Å². The van der Waals surface area contributed by atoms with E-state index in [1.807, 2.05) is 67.1 Å². The van der Waals surface area contributed by atoms with E-state index in [2.05, 4.69) is 23.4 Å². The molecule has 0 saturated carbocycles. The van der Waals surface area contributed by atoms with Gasteiger partial charge in [0, 0.05) is 11.3 Å². The van der Waals surface area contributed by atoms with Crippen molar-refractivity contribution in [2.45, 2.75) is 40.2 Å². The Kier molecular flexibility index (Phi) is 6.48. The normalized spacial score (nSPS) is 10.7. The van der Waals surface area contributed by atoms with Gasteiger partial charge in [0.2, 0.25) is 0 Å². The van der Waals surface area contributed by atoms with Crippen molar-refractivity contribution in [3.8, 4) is 5.75 Å². The van der Waals surface area contributed by atoms with Crippen LogP contribution in [0.4, 0.5) is 5.69 Å². The third kappa shape index (κ3) is 5.00. The van der Waals surface area contributed by atoms with Crippen LogP contribution in [0, 0.1) is 13.8 Å². The van der Waals surface area contributed by atoms with Crippen LogP contribution in [0.1, 0.15) is 47.1 Å². The topological polar surface area (TPSA) is 56.1 Å². The minimum atomic E-state index is -0.149. The quantitative estimate of drug-likeness (QED) is 0.563. The smallest absolute Gasteiger partial charge is 0.255 e. The number of unbranched alkanes of at least 4 members (excludes halogenated alkanes) is 1. The van der Waals surface area contributed by atoms with Crippen molar-refractivity contribution in [1.82, 2.24) is 9.78 Å². The number of aromatic nitrogens is 2. The van der Waals surface area contributed by atoms with Crippen molar-refractivity contribution in [3.63, 3.8) is 0 Å². The summed E-state index contributed by atoms with van der Waals surface area (Å²) in [6.45, 7) is 7.48. The number of nitrogens with one attached hydrogen (secondary N) is 1. The molecule has 0 aliphatic carbocycles. The van der Waals surface area contributed by atoms with Crippen molar-refractivity contribution in [3.05, 3.63) is 77.1 Å². The van der Waals surface area contributed by atoms with Crippen LogP contribution in [0.5, 0.6) is 5.75 Å². The number of anilines is 1. The van der Waals surface area contributed by atoms with Crippen LogP contribution in [0.2, 0.25) is 0 Å². The van der Waals surface area contributed by atoms with Crippen molar-refractivity contribution < 1.29 is 9.53 Å². The number of nitrogens with zero attached hydrogens (tertiary/aromatic N) is 2. The summed E-state index contributed by atoms with van der Waals surface area (Å²) in [5.41, 5.74) is 4.54. The molecule has 5 heteroatoms. The fourth-order valence-electron chi connectivity index (χ4n) is 2.99. The maximum Gasteiger partial charge on any atom is 0.255 e. The Morgan fingerprint density at radius 1 is 1.11 bits per heavy atom. The first-order valence-electron chi connectivity index (χ1n) is 9.70. The average Bonchev–Trinajstić information content (AvgIpc) is 3.00. The fourth-order valence-corrected chi connectivity index (χ4v) is 2.99. The predicted octanol–water partition coefficient (Wildman–Crippen LogP) is 4.98. The number of aryl methyl sites for hydroxylation is 2. The second-order valence-corrected chi connectivity index (χ2v) is 6.93. The lowest BCUT2D eigenvalue weighted by Crippen LogP contribution is -2.13. The molecule has 0 fully saturated rings. The Labute approximate surface area is 166 Å². The van der Waals surface area contributed by atoms with Crippen LogP contribution >= 0.6 is 0 Å². The summed E-state index contributed by atoms with van der Waals surface area (Å²) in [4.78, 5) is 12.6. The van der Waals surface area contributed by atoms with Gasteiger partial charge in [-0.15, -0.1) is 0 Å². The zero-order chi connectivity index (χ0) is 19.9. The van der Waals surface area contributed by atoms with E-state index in [1.54, 1.807) is 0 Å². The molecule has 0 saturated heterocycles. The summed E-state index contributed by atoms with van der Waals surface area (Å²) < 4.78 is 7.76. The van der Waals surface area contributed by atoms with Gasteiger partial charge in [-0.1, -0.05) is 37.6 Å². The molecule has 1 amide bonds. The van der Waals surface area contributed by atoms with E-state index >= 15 is 0 Å². The summed E-state index contributed by atoms with van der Waals surface area (Å²) in [6, 6.07) is 17.2. The molecule has 0 atom stereocenters. The maximum atomic E-state index is 12.6. The molecule has 2 aromatic carbocycles. The minimum Gasteiger partial charge on any atom is -0.491 e. The zero-order valence-electron chi connectivity index (χ0n) is 16.7. The number of para-hydroxylation sites is 2. The van der Waals surface area contributed by atoms with Crippen LogP contribution in [-0.4, -0.2) is 22.3 Å². The average molecular weight is 377 g/mol. The van der Waals surface area contributed by atoms with E-state index in [4.69, 9.17) is 4.74 Å². The molecule has 0 unspecified atom stereocenters. The van der Waals surface area contributed by atoms with Crippen LogP contribution < -0.4 is 10.1 Å². The second kappa shape index (κ2) is 9.22. The lowest BCUT2D eigenvalue weighted by atomic mass is 10.1. The molecule has 1 aromatic heterocycles. The molecule has 28 heavy (non-hydrogen) atoms. The molecule has 0 aliphatic rings. The molecular weight excluding hydrogens is 350 g/mol. The van der Waals surface area contributed by atoms with Crippen molar-refractivity contribution in [1.29, 1.82) is 0 Å². The molecule has 1 heterocycles. The maximum absolute atomic E-state index is 12.6. The van der Waals surface area contributed by atoms with E-state index in [9.17, 15) is 4.79 Å². The molecule has 0 bridgehead atoms. The van der Waals surface area contributed by atoms with E-state index in [0.29, 0.717) is 30.2 Å². The zero-order valence-corrected chi connectivity index (χ0v) is 16.7. The fraction of sp³-hybridized carbons (Fsp3) is 0.304. The number of carbonyl (C=O) groups is 1. The first-order valence-corrected chi connectivity index (χ1v) is 9.70. The SMILES string of the molecule is CCCCOc1ccccc1NC(=O)c1ccc(Cn2nc(C)cc2C)cc1. The summed E-state index contributed by atoms with van der Waals surface area (Å²) in [7, 11) is 0. The van der Waals surface area contributed by atoms with Crippen LogP contribution in [0.3, 0.4) is 0 Å². The van der Waals surface area contributed by atoms with E-state index in [0.717, 1.165) is 29.8 Å². The molecule has 0 aliphatic heterocycles. The Morgan fingerprint density at radius 3 is 2.54 bits per heavy atom. The predicted molar refractivity (Wildman–Crippen MR) is 112 cm³/mol. The number of hydrogen-bond donors (Lipinski definition) is 1. The molecule has 0 radical (unpaired) electrons. The highest BCUT2D eigenvalue weighted by Crippen LogP contribution is 2.24. The molecule has 0 spiro atoms. The van der Waals surface area contributed by atoms with Gasteiger partial charge in [0.1, 0.15) is 5.75 Å². The van der Waals surface area contributed by atoms with Crippen molar-refractivity contribution in [2.75, 3.05) is 11.9 Å². The van der Waals surface area contributed by atoms with Gasteiger partial charge in [0.05, 0.1) is 24.5 Å². The van der Waals surface area contributed by atoms with Gasteiger partial charge >= 0.3 is 0 Å². The number of carbonyl (C=O) groups excluding carboxylic acids is 1. The van der Waals surface area contributed by atoms with Gasteiger partial charge in [-0.05, 0) is 56.2 Å². The van der Waals surface area contributed by atoms with Crippen LogP contribution in [0.15, 0.2) is 54.6 Å². The Balaban J connectivity index is 1.66. The third-order valence-electron chi connectivity index (χ3n) is 4.54. The molecule has 146 valence electrons. The van der Waals surface area contributed by atoms with E-state index < -0.39 is 0 Å². The second-order valence-electron chi connectivity index (χ2n) is 6.93. The third-order valence-corrected chi connectivity index (χ3v) is 4.54. The minimum absolute atomic E-state index is 0.149. The van der Waals surface area contributed by atoms with Gasteiger partial charge in [-0.25, -0.2) is 0 Å². The highest BCUT2D eigenvalue weighted by atomic mass is 16.5. The standard InChI is InChI=1S/C23H27N3O2/c1-4-5-14-28-22-9-7-6-8-21(22)24-23(27)20-12-10-19(11-13-20)16-26-18(3)15-17(2)25-26/h6-13,15H,4-5,14,16H2,1-3H3,(H,24,27). The largest absolute Gasteiger partial charge is 0.491 e. The summed E-state index contributed by atoms with van der Waals surface area (Å²) in [6.07, 6.45) is 2.05. The molecule has 1 N–H and O–H groups in total. The monoisotopic (exact) mass is 377 g/mol. The van der Waals surface area contributed by atoms with Crippen LogP contribution in [0.25, 0.3) is 0 Å². The van der Waals surface area contributed by atoms with Crippen molar-refractivity contribution in [2.24, 2.45) is 0 Å². The lowest BCUT2D eigenvalue weighted by Gasteiger charge is -2.12. The molecule has 3 rings (SSSR count). The van der Waals surface area contributed by atoms with Gasteiger partial charge < -0.3 is 10.1 Å². The number of amides is 1. The molecule has 5 nitrogen and oxygen atoms in total. The first kappa shape index (κ1) is 19.7. The summed E-state index contributed by atoms with van der Waals surface area (Å²) in [5, 5.41) is 7.44. The number of rotatable bonds is 8. The van der Waals surface area contributed by atoms with Gasteiger partial charge in [-0.3, -0.25) is 9.48 Å². The van der Waals surface area contributed by atoms with Gasteiger partial charge in [0.15, 0.2) is 0 Å². The van der Waals surface area contributed by atoms with Gasteiger partial charge in [0.25, 0.3) is 5.91 Å². The number of ether oxygens (including phenoxy) is 1. The summed E-state index contributed by atoms with van der Waals surface area (Å²) >= 11 is 0. The highest BCUT2D eigenvalue weighted by molar-refractivity contribution is 6.05. The van der Waals surface area contributed by atoms with Crippen LogP contribution in [-0.2, 0) is 6.54 Å². The molecular formula is C23H27N3O2. The van der Waals surface area contributed by atoms with Crippen molar-refractivity contribution >= 4 is 11.6 Å². The van der Waals surface area contributed by atoms with E-state index in [-0.39, 0.29) is 5.91 Å². The Hall–Kier alpha value is -3.08. The summed E-state index contributed by atoms with van der Waals surface area (Å²) in [5.74, 6) is 0.551. The number of hydrogen-bond acceptors (Lipinski definition) is 3. The number of benzene rings is 2. The Bertz CT molecular complexity index is 929. The Morgan fingerprint density at radius 2 is 1.86 bits per heavy atom. The highest BCUT2D eigenvalue weighted by Gasteiger charge is 2.10. The molecule has 3 aromatic rings. The first-order chi connectivity index (χ1) is 13.6. The lowest BCUT2D eigenvalue weighted by molar-refractivity contribution is 0.102. The van der Waals surface area contributed by atoms with Gasteiger partial charge in [-0.2, -0.15) is 5.10 Å².